The van der Waals surface area contributed by atoms with Crippen molar-refractivity contribution in [3.8, 4) is 0 Å². The molecule has 17 heavy (non-hydrogen) atoms. The average Bonchev–Trinajstić information content (AvgIpc) is 2.83. The molecule has 2 aliphatic rings. The standard InChI is InChI=1S/C15H28O2/c1-11(5-6-13-14(2,3)17-13)12-7-9-15(4,16)10-8-12/h11-13,16H,5-10H2,1-4H3/t11-,12?,13?,15?/m1/s1. The van der Waals surface area contributed by atoms with Crippen LogP contribution in [-0.4, -0.2) is 22.4 Å². The second kappa shape index (κ2) is 4.55. The van der Waals surface area contributed by atoms with Crippen LogP contribution in [-0.2, 0) is 4.74 Å². The fourth-order valence-corrected chi connectivity index (χ4v) is 3.22. The van der Waals surface area contributed by atoms with Gasteiger partial charge in [0.2, 0.25) is 0 Å². The van der Waals surface area contributed by atoms with Crippen LogP contribution in [0.25, 0.3) is 0 Å². The third-order valence-corrected chi connectivity index (χ3v) is 4.96. The van der Waals surface area contributed by atoms with Gasteiger partial charge in [0.1, 0.15) is 0 Å². The molecule has 1 N–H and O–H groups in total. The fraction of sp³-hybridized carbons (Fsp3) is 1.00. The van der Waals surface area contributed by atoms with Gasteiger partial charge in [-0.25, -0.2) is 0 Å². The molecule has 1 aliphatic heterocycles. The number of ether oxygens (including phenoxy) is 1. The number of rotatable bonds is 4. The van der Waals surface area contributed by atoms with Gasteiger partial charge in [0.05, 0.1) is 17.3 Å². The van der Waals surface area contributed by atoms with Gasteiger partial charge in [-0.2, -0.15) is 0 Å². The van der Waals surface area contributed by atoms with E-state index in [0.29, 0.717) is 6.10 Å². The molecular weight excluding hydrogens is 212 g/mol. The van der Waals surface area contributed by atoms with Crippen molar-refractivity contribution >= 4 is 0 Å². The van der Waals surface area contributed by atoms with Gasteiger partial charge >= 0.3 is 0 Å². The molecule has 0 radical (unpaired) electrons. The first-order valence-electron chi connectivity index (χ1n) is 7.20. The molecule has 0 spiro atoms. The van der Waals surface area contributed by atoms with E-state index in [-0.39, 0.29) is 5.60 Å². The summed E-state index contributed by atoms with van der Waals surface area (Å²) in [5, 5.41) is 9.95. The molecule has 1 heterocycles. The Morgan fingerprint density at radius 1 is 1.24 bits per heavy atom. The Bertz CT molecular complexity index is 260. The third-order valence-electron chi connectivity index (χ3n) is 4.96. The van der Waals surface area contributed by atoms with E-state index in [1.807, 2.05) is 6.92 Å². The van der Waals surface area contributed by atoms with Gasteiger partial charge in [-0.05, 0) is 71.1 Å². The van der Waals surface area contributed by atoms with Crippen molar-refractivity contribution in [1.29, 1.82) is 0 Å². The number of aliphatic hydroxyl groups is 1. The van der Waals surface area contributed by atoms with Crippen molar-refractivity contribution in [2.24, 2.45) is 11.8 Å². The Labute approximate surface area is 106 Å². The molecule has 1 saturated carbocycles. The van der Waals surface area contributed by atoms with Crippen molar-refractivity contribution in [2.45, 2.75) is 83.5 Å². The maximum absolute atomic E-state index is 9.95. The molecule has 100 valence electrons. The number of hydrogen-bond acceptors (Lipinski definition) is 2. The van der Waals surface area contributed by atoms with Crippen LogP contribution in [0.5, 0.6) is 0 Å². The smallest absolute Gasteiger partial charge is 0.0892 e. The van der Waals surface area contributed by atoms with Crippen LogP contribution in [0.1, 0.15) is 66.2 Å². The molecular formula is C15H28O2. The minimum absolute atomic E-state index is 0.149. The minimum Gasteiger partial charge on any atom is -0.390 e. The highest BCUT2D eigenvalue weighted by Gasteiger charge is 2.47. The Morgan fingerprint density at radius 3 is 2.24 bits per heavy atom. The van der Waals surface area contributed by atoms with Crippen molar-refractivity contribution in [1.82, 2.24) is 0 Å². The molecule has 2 heteroatoms. The van der Waals surface area contributed by atoms with Crippen LogP contribution in [0.15, 0.2) is 0 Å². The second-order valence-electron chi connectivity index (χ2n) is 7.10. The zero-order valence-corrected chi connectivity index (χ0v) is 11.8. The van der Waals surface area contributed by atoms with E-state index < -0.39 is 5.60 Å². The lowest BCUT2D eigenvalue weighted by atomic mass is 9.73. The molecule has 0 aromatic rings. The Kier molecular flexibility index (Phi) is 3.57. The van der Waals surface area contributed by atoms with Crippen LogP contribution >= 0.6 is 0 Å². The van der Waals surface area contributed by atoms with Gasteiger partial charge in [-0.15, -0.1) is 0 Å². The molecule has 0 aromatic carbocycles. The van der Waals surface area contributed by atoms with Crippen molar-refractivity contribution in [3.63, 3.8) is 0 Å². The van der Waals surface area contributed by atoms with Crippen molar-refractivity contribution in [3.05, 3.63) is 0 Å². The SMILES string of the molecule is C[C@H](CCC1OC1(C)C)C1CCC(C)(O)CC1. The van der Waals surface area contributed by atoms with Crippen LogP contribution in [0.4, 0.5) is 0 Å². The predicted molar refractivity (Wildman–Crippen MR) is 69.9 cm³/mol. The number of hydrogen-bond donors (Lipinski definition) is 1. The molecule has 0 amide bonds. The lowest BCUT2D eigenvalue weighted by molar-refractivity contribution is -0.000507. The number of epoxide rings is 1. The first-order chi connectivity index (χ1) is 7.80. The van der Waals surface area contributed by atoms with Crippen LogP contribution in [0, 0.1) is 11.8 Å². The Morgan fingerprint density at radius 2 is 1.76 bits per heavy atom. The van der Waals surface area contributed by atoms with Crippen molar-refractivity contribution in [2.75, 3.05) is 0 Å². The summed E-state index contributed by atoms with van der Waals surface area (Å²) < 4.78 is 5.64. The topological polar surface area (TPSA) is 32.8 Å². The van der Waals surface area contributed by atoms with E-state index in [0.717, 1.165) is 24.7 Å². The highest BCUT2D eigenvalue weighted by atomic mass is 16.6. The van der Waals surface area contributed by atoms with Gasteiger partial charge in [-0.1, -0.05) is 6.92 Å². The van der Waals surface area contributed by atoms with E-state index in [1.165, 1.54) is 25.7 Å². The second-order valence-corrected chi connectivity index (χ2v) is 7.10. The largest absolute Gasteiger partial charge is 0.390 e. The zero-order valence-electron chi connectivity index (χ0n) is 11.8. The summed E-state index contributed by atoms with van der Waals surface area (Å²) in [4.78, 5) is 0. The summed E-state index contributed by atoms with van der Waals surface area (Å²) in [5.74, 6) is 1.60. The molecule has 1 saturated heterocycles. The van der Waals surface area contributed by atoms with E-state index in [1.54, 1.807) is 0 Å². The van der Waals surface area contributed by atoms with E-state index in [9.17, 15) is 5.11 Å². The normalized spacial score (nSPS) is 42.2. The average molecular weight is 240 g/mol. The monoisotopic (exact) mass is 240 g/mol. The first kappa shape index (κ1) is 13.4. The quantitative estimate of drug-likeness (QED) is 0.763. The first-order valence-corrected chi connectivity index (χ1v) is 7.20. The van der Waals surface area contributed by atoms with E-state index in [2.05, 4.69) is 20.8 Å². The highest BCUT2D eigenvalue weighted by Crippen LogP contribution is 2.42. The molecule has 2 atom stereocenters. The van der Waals surface area contributed by atoms with Crippen molar-refractivity contribution < 1.29 is 9.84 Å². The summed E-state index contributed by atoms with van der Waals surface area (Å²) in [6, 6.07) is 0. The Balaban J connectivity index is 1.69. The molecule has 2 rings (SSSR count). The maximum Gasteiger partial charge on any atom is 0.0892 e. The van der Waals surface area contributed by atoms with Gasteiger partial charge < -0.3 is 9.84 Å². The molecule has 2 nitrogen and oxygen atoms in total. The highest BCUT2D eigenvalue weighted by molar-refractivity contribution is 4.95. The Hall–Kier alpha value is -0.0800. The summed E-state index contributed by atoms with van der Waals surface area (Å²) >= 11 is 0. The molecule has 1 aliphatic carbocycles. The van der Waals surface area contributed by atoms with Crippen LogP contribution in [0.3, 0.4) is 0 Å². The van der Waals surface area contributed by atoms with Gasteiger partial charge in [0.15, 0.2) is 0 Å². The van der Waals surface area contributed by atoms with E-state index >= 15 is 0 Å². The van der Waals surface area contributed by atoms with Gasteiger partial charge in [-0.3, -0.25) is 0 Å². The van der Waals surface area contributed by atoms with Crippen LogP contribution < -0.4 is 0 Å². The summed E-state index contributed by atoms with van der Waals surface area (Å²) in [6.07, 6.45) is 7.34. The molecule has 2 fully saturated rings. The lowest BCUT2D eigenvalue weighted by Crippen LogP contribution is -2.32. The molecule has 1 unspecified atom stereocenters. The predicted octanol–water partition coefficient (Wildman–Crippen LogP) is 3.52. The summed E-state index contributed by atoms with van der Waals surface area (Å²) in [5.41, 5.74) is -0.242. The minimum atomic E-state index is -0.391. The summed E-state index contributed by atoms with van der Waals surface area (Å²) in [7, 11) is 0. The molecule has 0 bridgehead atoms. The lowest BCUT2D eigenvalue weighted by Gasteiger charge is -2.36. The zero-order chi connectivity index (χ0) is 12.7. The van der Waals surface area contributed by atoms with Gasteiger partial charge in [0, 0.05) is 0 Å². The summed E-state index contributed by atoms with van der Waals surface area (Å²) in [6.45, 7) is 8.72. The van der Waals surface area contributed by atoms with Crippen LogP contribution in [0.2, 0.25) is 0 Å². The molecule has 0 aromatic heterocycles. The van der Waals surface area contributed by atoms with E-state index in [4.69, 9.17) is 4.74 Å². The third kappa shape index (κ3) is 3.45. The maximum atomic E-state index is 9.95. The van der Waals surface area contributed by atoms with Gasteiger partial charge in [0.25, 0.3) is 0 Å². The fourth-order valence-electron chi connectivity index (χ4n) is 3.22.